The van der Waals surface area contributed by atoms with Gasteiger partial charge < -0.3 is 42.9 Å². The summed E-state index contributed by atoms with van der Waals surface area (Å²) in [7, 11) is 5.45. The van der Waals surface area contributed by atoms with E-state index in [1.165, 1.54) is 0 Å². The fourth-order valence-electron chi connectivity index (χ4n) is 7.32. The van der Waals surface area contributed by atoms with E-state index in [4.69, 9.17) is 18.2 Å². The lowest BCUT2D eigenvalue weighted by Crippen LogP contribution is -2.65. The molecule has 2 unspecified atom stereocenters. The molecule has 17 heteroatoms. The largest absolute Gasteiger partial charge is 0.488 e. The number of amides is 2. The molecule has 3 N–H and O–H groups in total. The first kappa shape index (κ1) is 40.3. The SMILES string of the molecule is BNPOC(=O)NCC[N+](C)(C)Cc1cccc2c(OCC3=C(C(=O)OPNB)N4C(=O)[C@H]([C@@H](C)O[Si](CC)(CC)CC)[C@H]4[C@H]3C)cccc12. The highest BCUT2D eigenvalue weighted by molar-refractivity contribution is 7.32. The van der Waals surface area contributed by atoms with E-state index in [2.05, 4.69) is 69.2 Å². The fraction of sp³-hybridized carbons (Fsp3) is 0.545. The van der Waals surface area contributed by atoms with Gasteiger partial charge in [-0.2, -0.15) is 0 Å². The summed E-state index contributed by atoms with van der Waals surface area (Å²) in [6.45, 7) is 12.7. The quantitative estimate of drug-likeness (QED) is 0.0858. The minimum atomic E-state index is -1.95. The van der Waals surface area contributed by atoms with Crippen molar-refractivity contribution >= 4 is 70.9 Å². The Balaban J connectivity index is 1.54. The second-order valence-corrected chi connectivity index (χ2v) is 20.3. The molecule has 2 amide bonds. The summed E-state index contributed by atoms with van der Waals surface area (Å²) in [6, 6.07) is 15.0. The molecule has 0 spiro atoms. The van der Waals surface area contributed by atoms with Gasteiger partial charge in [-0.05, 0) is 36.5 Å². The molecule has 4 rings (SSSR count). The number of rotatable bonds is 19. The Morgan fingerprint density at radius 1 is 1.00 bits per heavy atom. The van der Waals surface area contributed by atoms with E-state index in [0.29, 0.717) is 29.0 Å². The van der Waals surface area contributed by atoms with Crippen molar-refractivity contribution in [3.8, 4) is 5.75 Å². The molecule has 1 fully saturated rings. The number of hydrogen-bond acceptors (Lipinski definition) is 9. The molecule has 2 aliphatic rings. The highest BCUT2D eigenvalue weighted by atomic mass is 31.1. The fourth-order valence-corrected chi connectivity index (χ4v) is 10.8. The van der Waals surface area contributed by atoms with Crippen molar-refractivity contribution in [1.82, 2.24) is 20.2 Å². The number of likely N-dealkylation sites (N-methyl/N-ethyl adjacent to an activating group) is 1. The smallest absolute Gasteiger partial charge is 0.411 e. The highest BCUT2D eigenvalue weighted by Gasteiger charge is 2.61. The third-order valence-electron chi connectivity index (χ3n) is 10.3. The number of carbonyl (C=O) groups is 3. The molecule has 2 aromatic rings. The number of ether oxygens (including phenoxy) is 1. The van der Waals surface area contributed by atoms with Gasteiger partial charge in [-0.1, -0.05) is 58.0 Å². The first-order valence-electron chi connectivity index (χ1n) is 17.6. The van der Waals surface area contributed by atoms with Crippen LogP contribution in [0.4, 0.5) is 4.79 Å². The first-order chi connectivity index (χ1) is 23.9. The molecular weight excluding hydrogens is 690 g/mol. The van der Waals surface area contributed by atoms with Gasteiger partial charge in [0.15, 0.2) is 24.3 Å². The first-order valence-corrected chi connectivity index (χ1v) is 21.9. The van der Waals surface area contributed by atoms with Crippen LogP contribution < -0.4 is 20.1 Å². The van der Waals surface area contributed by atoms with Crippen LogP contribution in [0.5, 0.6) is 5.75 Å². The van der Waals surface area contributed by atoms with E-state index in [1.54, 1.807) is 20.9 Å². The Labute approximate surface area is 303 Å². The van der Waals surface area contributed by atoms with Crippen molar-refractivity contribution in [2.45, 2.75) is 71.4 Å². The van der Waals surface area contributed by atoms with Crippen LogP contribution in [-0.4, -0.2) is 97.6 Å². The number of carbonyl (C=O) groups excluding carboxylic acids is 3. The maximum atomic E-state index is 13.8. The predicted octanol–water partition coefficient (Wildman–Crippen LogP) is 3.50. The molecule has 2 aliphatic heterocycles. The summed E-state index contributed by atoms with van der Waals surface area (Å²) in [4.78, 5) is 46.5. The normalized spacial score (nSPS) is 20.1. The average molecular weight is 744 g/mol. The van der Waals surface area contributed by atoms with Crippen molar-refractivity contribution in [3.63, 3.8) is 0 Å². The van der Waals surface area contributed by atoms with Crippen molar-refractivity contribution in [1.29, 1.82) is 0 Å². The van der Waals surface area contributed by atoms with Gasteiger partial charge in [-0.3, -0.25) is 4.79 Å². The van der Waals surface area contributed by atoms with Crippen LogP contribution >= 0.6 is 17.9 Å². The monoisotopic (exact) mass is 744 g/mol. The van der Waals surface area contributed by atoms with E-state index in [1.807, 2.05) is 31.2 Å². The molecule has 2 aromatic carbocycles. The number of hydrogen-bond donors (Lipinski definition) is 3. The Morgan fingerprint density at radius 3 is 2.30 bits per heavy atom. The third kappa shape index (κ3) is 8.92. The van der Waals surface area contributed by atoms with E-state index < -0.39 is 20.4 Å². The van der Waals surface area contributed by atoms with Crippen LogP contribution in [0, 0.1) is 11.8 Å². The number of nitrogens with zero attached hydrogens (tertiary/aromatic N) is 2. The summed E-state index contributed by atoms with van der Waals surface area (Å²) < 4.78 is 24.6. The van der Waals surface area contributed by atoms with Crippen molar-refractivity contribution in [2.75, 3.05) is 33.8 Å². The zero-order chi connectivity index (χ0) is 36.6. The number of benzene rings is 2. The summed E-state index contributed by atoms with van der Waals surface area (Å²) in [5, 5.41) is 4.85. The molecule has 272 valence electrons. The predicted molar refractivity (Wildman–Crippen MR) is 209 cm³/mol. The van der Waals surface area contributed by atoms with Crippen LogP contribution in [0.2, 0.25) is 18.1 Å². The van der Waals surface area contributed by atoms with Gasteiger partial charge in [0, 0.05) is 22.4 Å². The van der Waals surface area contributed by atoms with Crippen LogP contribution in [0.25, 0.3) is 10.8 Å². The Morgan fingerprint density at radius 2 is 1.64 bits per heavy atom. The van der Waals surface area contributed by atoms with Crippen LogP contribution in [0.3, 0.4) is 0 Å². The second-order valence-electron chi connectivity index (χ2n) is 13.7. The highest BCUT2D eigenvalue weighted by Crippen LogP contribution is 2.49. The summed E-state index contributed by atoms with van der Waals surface area (Å²) in [5.74, 6) is -0.345. The molecule has 0 saturated carbocycles. The van der Waals surface area contributed by atoms with Gasteiger partial charge in [0.05, 0.1) is 45.2 Å². The zero-order valence-electron chi connectivity index (χ0n) is 31.0. The molecule has 0 radical (unpaired) electrons. The van der Waals surface area contributed by atoms with Crippen molar-refractivity contribution in [2.24, 2.45) is 11.8 Å². The molecule has 0 aliphatic carbocycles. The van der Waals surface area contributed by atoms with Gasteiger partial charge in [0.2, 0.25) is 5.91 Å². The van der Waals surface area contributed by atoms with E-state index >= 15 is 0 Å². The molecule has 50 heavy (non-hydrogen) atoms. The zero-order valence-corrected chi connectivity index (χ0v) is 34.0. The van der Waals surface area contributed by atoms with E-state index in [9.17, 15) is 14.4 Å². The molecule has 1 saturated heterocycles. The van der Waals surface area contributed by atoms with Crippen LogP contribution in [0.1, 0.15) is 40.2 Å². The molecular formula is C33H54B2N5O7P2Si+. The maximum absolute atomic E-state index is 13.8. The summed E-state index contributed by atoms with van der Waals surface area (Å²) >= 11 is 0. The summed E-state index contributed by atoms with van der Waals surface area (Å²) in [6.07, 6.45) is -0.673. The van der Waals surface area contributed by atoms with Crippen molar-refractivity contribution in [3.05, 3.63) is 53.2 Å². The van der Waals surface area contributed by atoms with E-state index in [-0.39, 0.29) is 54.4 Å². The third-order valence-corrected chi connectivity index (χ3v) is 16.0. The minimum absolute atomic E-state index is 0.0786. The molecule has 2 heterocycles. The lowest BCUT2D eigenvalue weighted by Gasteiger charge is -2.49. The van der Waals surface area contributed by atoms with Gasteiger partial charge >= 0.3 is 12.1 Å². The lowest BCUT2D eigenvalue weighted by molar-refractivity contribution is -0.902. The lowest BCUT2D eigenvalue weighted by atomic mass is 9.78. The molecule has 6 atom stereocenters. The number of fused-ring (bicyclic) bond motifs is 2. The molecule has 0 aromatic heterocycles. The molecule has 12 nitrogen and oxygen atoms in total. The molecule has 0 bridgehead atoms. The topological polar surface area (TPSA) is 127 Å². The summed E-state index contributed by atoms with van der Waals surface area (Å²) in [5.41, 5.74) is 2.22. The van der Waals surface area contributed by atoms with E-state index in [0.717, 1.165) is 46.6 Å². The van der Waals surface area contributed by atoms with Crippen molar-refractivity contribution < 1.29 is 37.1 Å². The van der Waals surface area contributed by atoms with Crippen LogP contribution in [-0.2, 0) is 29.6 Å². The number of nitrogens with one attached hydrogen (secondary N) is 3. The van der Waals surface area contributed by atoms with Gasteiger partial charge in [0.1, 0.15) is 42.5 Å². The average Bonchev–Trinajstić information content (AvgIpc) is 3.34. The Bertz CT molecular complexity index is 1560. The number of β-lactam (4-membered cyclic amide) rings is 1. The maximum Gasteiger partial charge on any atom is 0.411 e. The van der Waals surface area contributed by atoms with Gasteiger partial charge in [-0.15, -0.1) is 0 Å². The van der Waals surface area contributed by atoms with Gasteiger partial charge in [0.25, 0.3) is 0 Å². The standard InChI is InChI=1S/C33H53B2N5O7P2Si/c1-8-50(9-2,10-3)47-22(5)28-29-21(4)26(30(39(29)31(28)41)32(42)45-48-37-34)20-44-27-16-12-14-24-23(13-11-15-25(24)27)19-40(6,7)18-17-36-33(43)46-49-38-35/h11-16,21-22,28-29,37-38,48-49H,8-10,17-20,34-35H2,1-7H3/p+1/t21-,22+,28+,29+/m0/s1. The Hall–Kier alpha value is -2.50. The van der Waals surface area contributed by atoms with Gasteiger partial charge in [-0.25, -0.2) is 9.59 Å². The van der Waals surface area contributed by atoms with Crippen LogP contribution in [0.15, 0.2) is 47.7 Å². The second kappa shape index (κ2) is 17.8. The number of quaternary nitrogens is 1. The Kier molecular flexibility index (Phi) is 14.4. The minimum Gasteiger partial charge on any atom is -0.488 e.